The number of anilines is 1. The lowest BCUT2D eigenvalue weighted by Crippen LogP contribution is -2.40. The molecule has 0 fully saturated rings. The fourth-order valence-electron chi connectivity index (χ4n) is 4.02. The molecule has 0 radical (unpaired) electrons. The Bertz CT molecular complexity index is 1050. The Morgan fingerprint density at radius 2 is 1.81 bits per heavy atom. The highest BCUT2D eigenvalue weighted by Crippen LogP contribution is 2.30. The minimum atomic E-state index is 0.0380. The highest BCUT2D eigenvalue weighted by Gasteiger charge is 2.20. The van der Waals surface area contributed by atoms with Crippen LogP contribution in [0.1, 0.15) is 64.9 Å². The van der Waals surface area contributed by atoms with Gasteiger partial charge in [-0.2, -0.15) is 0 Å². The summed E-state index contributed by atoms with van der Waals surface area (Å²) in [5.41, 5.74) is 3.11. The summed E-state index contributed by atoms with van der Waals surface area (Å²) in [5.74, 6) is 1.57. The minimum absolute atomic E-state index is 0.0380. The molecule has 0 aliphatic heterocycles. The second kappa shape index (κ2) is 9.56. The second-order valence-corrected chi connectivity index (χ2v) is 8.78. The Hall–Kier alpha value is -2.80. The monoisotopic (exact) mass is 422 g/mol. The number of imidazole rings is 1. The number of nitrogens with one attached hydrogen (secondary N) is 1. The Morgan fingerprint density at radius 3 is 2.42 bits per heavy atom. The van der Waals surface area contributed by atoms with Gasteiger partial charge >= 0.3 is 0 Å². The van der Waals surface area contributed by atoms with E-state index in [1.165, 1.54) is 0 Å². The fraction of sp³-hybridized carbons (Fsp3) is 0.500. The summed E-state index contributed by atoms with van der Waals surface area (Å²) in [5, 5.41) is 3.47. The van der Waals surface area contributed by atoms with Crippen molar-refractivity contribution in [1.29, 1.82) is 0 Å². The van der Waals surface area contributed by atoms with Crippen molar-refractivity contribution in [3.8, 4) is 11.4 Å². The van der Waals surface area contributed by atoms with Crippen molar-refractivity contribution < 1.29 is 4.79 Å². The first kappa shape index (κ1) is 22.9. The van der Waals surface area contributed by atoms with Gasteiger partial charge in [-0.1, -0.05) is 18.2 Å². The lowest BCUT2D eigenvalue weighted by Gasteiger charge is -2.30. The molecule has 0 aliphatic rings. The molecule has 3 aromatic rings. The maximum Gasteiger partial charge on any atom is 0.166 e. The van der Waals surface area contributed by atoms with Gasteiger partial charge in [0.15, 0.2) is 22.8 Å². The maximum atomic E-state index is 11.9. The Morgan fingerprint density at radius 1 is 1.10 bits per heavy atom. The number of rotatable bonds is 9. The molecular weight excluding hydrogens is 388 g/mol. The summed E-state index contributed by atoms with van der Waals surface area (Å²) in [6, 6.07) is 8.72. The van der Waals surface area contributed by atoms with Gasteiger partial charge in [-0.05, 0) is 54.5 Å². The standard InChI is InChI=1S/C24H34N6O/c1-15(2)29(16(3)4)12-11-25-22-21-24(27-14-26-22)30(17(5)6)23(28-21)20-10-8-9-19(13-20)18(7)31/h8-10,13-17H,11-12H2,1-7H3,(H,25,26,27). The summed E-state index contributed by atoms with van der Waals surface area (Å²) < 4.78 is 2.11. The Labute approximate surface area is 184 Å². The molecule has 2 heterocycles. The zero-order chi connectivity index (χ0) is 22.7. The summed E-state index contributed by atoms with van der Waals surface area (Å²) >= 11 is 0. The van der Waals surface area contributed by atoms with Crippen LogP contribution in [0.25, 0.3) is 22.6 Å². The van der Waals surface area contributed by atoms with Crippen LogP contribution in [0, 0.1) is 0 Å². The van der Waals surface area contributed by atoms with Crippen LogP contribution in [-0.4, -0.2) is 55.4 Å². The first-order valence-corrected chi connectivity index (χ1v) is 11.0. The predicted octanol–water partition coefficient (Wildman–Crippen LogP) is 4.81. The van der Waals surface area contributed by atoms with Crippen molar-refractivity contribution in [2.24, 2.45) is 0 Å². The minimum Gasteiger partial charge on any atom is -0.367 e. The van der Waals surface area contributed by atoms with Crippen LogP contribution < -0.4 is 5.32 Å². The predicted molar refractivity (Wildman–Crippen MR) is 127 cm³/mol. The first-order valence-electron chi connectivity index (χ1n) is 11.0. The smallest absolute Gasteiger partial charge is 0.166 e. The number of benzene rings is 1. The molecule has 0 bridgehead atoms. The molecule has 1 N–H and O–H groups in total. The number of aromatic nitrogens is 4. The van der Waals surface area contributed by atoms with Crippen LogP contribution in [0.3, 0.4) is 0 Å². The van der Waals surface area contributed by atoms with E-state index in [9.17, 15) is 4.79 Å². The maximum absolute atomic E-state index is 11.9. The molecule has 3 rings (SSSR count). The van der Waals surface area contributed by atoms with E-state index in [1.54, 1.807) is 13.3 Å². The molecule has 7 nitrogen and oxygen atoms in total. The first-order chi connectivity index (χ1) is 14.7. The zero-order valence-corrected chi connectivity index (χ0v) is 19.7. The SMILES string of the molecule is CC(=O)c1cccc(-c2nc3c(NCCN(C(C)C)C(C)C)ncnc3n2C(C)C)c1. The molecule has 0 saturated carbocycles. The fourth-order valence-corrected chi connectivity index (χ4v) is 4.02. The molecule has 31 heavy (non-hydrogen) atoms. The highest BCUT2D eigenvalue weighted by molar-refractivity contribution is 5.95. The Balaban J connectivity index is 1.98. The second-order valence-electron chi connectivity index (χ2n) is 8.78. The van der Waals surface area contributed by atoms with Crippen LogP contribution in [-0.2, 0) is 0 Å². The van der Waals surface area contributed by atoms with Crippen molar-refractivity contribution in [2.75, 3.05) is 18.4 Å². The topological polar surface area (TPSA) is 75.9 Å². The number of nitrogens with zero attached hydrogens (tertiary/aromatic N) is 5. The zero-order valence-electron chi connectivity index (χ0n) is 19.7. The third-order valence-corrected chi connectivity index (χ3v) is 5.51. The van der Waals surface area contributed by atoms with Crippen LogP contribution in [0.2, 0.25) is 0 Å². The molecule has 1 aromatic carbocycles. The van der Waals surface area contributed by atoms with Crippen molar-refractivity contribution in [3.63, 3.8) is 0 Å². The van der Waals surface area contributed by atoms with E-state index in [0.717, 1.165) is 41.5 Å². The van der Waals surface area contributed by atoms with Crippen LogP contribution in [0.15, 0.2) is 30.6 Å². The number of hydrogen-bond acceptors (Lipinski definition) is 6. The summed E-state index contributed by atoms with van der Waals surface area (Å²) in [7, 11) is 0. The molecule has 0 amide bonds. The van der Waals surface area contributed by atoms with E-state index < -0.39 is 0 Å². The number of hydrogen-bond donors (Lipinski definition) is 1. The van der Waals surface area contributed by atoms with E-state index in [4.69, 9.17) is 4.98 Å². The lowest BCUT2D eigenvalue weighted by molar-refractivity contribution is 0.101. The van der Waals surface area contributed by atoms with E-state index in [0.29, 0.717) is 17.6 Å². The van der Waals surface area contributed by atoms with Gasteiger partial charge in [0.25, 0.3) is 0 Å². The molecule has 2 aromatic heterocycles. The highest BCUT2D eigenvalue weighted by atomic mass is 16.1. The van der Waals surface area contributed by atoms with E-state index >= 15 is 0 Å². The van der Waals surface area contributed by atoms with Crippen molar-refractivity contribution in [3.05, 3.63) is 36.2 Å². The number of fused-ring (bicyclic) bond motifs is 1. The molecule has 7 heteroatoms. The van der Waals surface area contributed by atoms with Crippen molar-refractivity contribution in [2.45, 2.75) is 66.6 Å². The van der Waals surface area contributed by atoms with Gasteiger partial charge in [0.05, 0.1) is 0 Å². The van der Waals surface area contributed by atoms with Gasteiger partial charge in [-0.25, -0.2) is 15.0 Å². The molecule has 0 spiro atoms. The van der Waals surface area contributed by atoms with Crippen molar-refractivity contribution >= 4 is 22.8 Å². The van der Waals surface area contributed by atoms with Crippen LogP contribution in [0.4, 0.5) is 5.82 Å². The van der Waals surface area contributed by atoms with Gasteiger partial charge in [0.2, 0.25) is 0 Å². The van der Waals surface area contributed by atoms with Crippen LogP contribution in [0.5, 0.6) is 0 Å². The summed E-state index contributed by atoms with van der Waals surface area (Å²) in [4.78, 5) is 28.3. The Kier molecular flexibility index (Phi) is 7.05. The average Bonchev–Trinajstić information content (AvgIpc) is 3.11. The van der Waals surface area contributed by atoms with Crippen molar-refractivity contribution in [1.82, 2.24) is 24.4 Å². The molecular formula is C24H34N6O. The molecule has 0 unspecified atom stereocenters. The lowest BCUT2D eigenvalue weighted by atomic mass is 10.1. The quantitative estimate of drug-likeness (QED) is 0.499. The summed E-state index contributed by atoms with van der Waals surface area (Å²) in [6.07, 6.45) is 1.59. The molecule has 0 atom stereocenters. The number of Topliss-reactive ketones (excluding diaryl/α,β-unsaturated/α-hetero) is 1. The van der Waals surface area contributed by atoms with Gasteiger partial charge in [-0.15, -0.1) is 0 Å². The largest absolute Gasteiger partial charge is 0.367 e. The number of carbonyl (C=O) groups is 1. The molecule has 0 saturated heterocycles. The number of ketones is 1. The van der Waals surface area contributed by atoms with E-state index in [2.05, 4.69) is 66.3 Å². The third kappa shape index (κ3) is 4.93. The van der Waals surface area contributed by atoms with Gasteiger partial charge < -0.3 is 9.88 Å². The van der Waals surface area contributed by atoms with Crippen LogP contribution >= 0.6 is 0 Å². The molecule has 166 valence electrons. The summed E-state index contributed by atoms with van der Waals surface area (Å²) in [6.45, 7) is 16.4. The molecule has 0 aliphatic carbocycles. The number of carbonyl (C=O) groups excluding carboxylic acids is 1. The van der Waals surface area contributed by atoms with E-state index in [1.807, 2.05) is 24.3 Å². The normalized spacial score (nSPS) is 12.0. The average molecular weight is 423 g/mol. The van der Waals surface area contributed by atoms with Gasteiger partial charge in [0.1, 0.15) is 12.2 Å². The van der Waals surface area contributed by atoms with Gasteiger partial charge in [0, 0.05) is 42.3 Å². The van der Waals surface area contributed by atoms with E-state index in [-0.39, 0.29) is 11.8 Å². The van der Waals surface area contributed by atoms with Gasteiger partial charge in [-0.3, -0.25) is 9.69 Å². The third-order valence-electron chi connectivity index (χ3n) is 5.51.